The third kappa shape index (κ3) is 4.52. The van der Waals surface area contributed by atoms with Gasteiger partial charge in [-0.25, -0.2) is 9.97 Å². The van der Waals surface area contributed by atoms with Crippen molar-refractivity contribution in [3.8, 4) is 0 Å². The van der Waals surface area contributed by atoms with Gasteiger partial charge in [-0.15, -0.1) is 10.2 Å². The third-order valence-electron chi connectivity index (χ3n) is 6.86. The lowest BCUT2D eigenvalue weighted by Gasteiger charge is -2.28. The zero-order valence-corrected chi connectivity index (χ0v) is 20.1. The van der Waals surface area contributed by atoms with E-state index < -0.39 is 0 Å². The smallest absolute Gasteiger partial charge is 0.204 e. The van der Waals surface area contributed by atoms with E-state index in [0.717, 1.165) is 66.4 Å². The molecule has 0 aromatic carbocycles. The molecule has 178 valence electrons. The van der Waals surface area contributed by atoms with Crippen molar-refractivity contribution < 1.29 is 0 Å². The molecule has 0 spiro atoms. The molecule has 1 saturated carbocycles. The van der Waals surface area contributed by atoms with Gasteiger partial charge in [0.05, 0.1) is 7.05 Å². The summed E-state index contributed by atoms with van der Waals surface area (Å²) in [6.45, 7) is 4.08. The number of nitrogens with zero attached hydrogens (tertiary/aromatic N) is 6. The van der Waals surface area contributed by atoms with Crippen LogP contribution in [0.3, 0.4) is 0 Å². The fourth-order valence-corrected chi connectivity index (χ4v) is 5.03. The number of rotatable bonds is 6. The van der Waals surface area contributed by atoms with Gasteiger partial charge in [0, 0.05) is 41.3 Å². The van der Waals surface area contributed by atoms with Crippen LogP contribution in [-0.2, 0) is 13.5 Å². The van der Waals surface area contributed by atoms with Crippen molar-refractivity contribution in [2.45, 2.75) is 70.4 Å². The summed E-state index contributed by atoms with van der Waals surface area (Å²) in [5, 5.41) is 19.9. The molecule has 1 unspecified atom stereocenters. The highest BCUT2D eigenvalue weighted by Gasteiger charge is 2.35. The summed E-state index contributed by atoms with van der Waals surface area (Å²) in [7, 11) is 1.78. The van der Waals surface area contributed by atoms with E-state index in [1.165, 1.54) is 10.4 Å². The van der Waals surface area contributed by atoms with E-state index >= 15 is 0 Å². The predicted molar refractivity (Wildman–Crippen MR) is 134 cm³/mol. The maximum atomic E-state index is 6.15. The molecule has 34 heavy (non-hydrogen) atoms. The van der Waals surface area contributed by atoms with Crippen molar-refractivity contribution in [1.29, 1.82) is 0 Å². The fraction of sp³-hybridized carbons (Fsp3) is 0.480. The summed E-state index contributed by atoms with van der Waals surface area (Å²) in [6.07, 6.45) is 16.3. The van der Waals surface area contributed by atoms with Gasteiger partial charge >= 0.3 is 0 Å². The molecular weight excluding hydrogens is 426 g/mol. The van der Waals surface area contributed by atoms with E-state index in [2.05, 4.69) is 63.3 Å². The predicted octanol–water partition coefficient (Wildman–Crippen LogP) is 3.63. The molecule has 9 nitrogen and oxygen atoms in total. The Kier molecular flexibility index (Phi) is 6.28. The minimum absolute atomic E-state index is 0.189. The first kappa shape index (κ1) is 22.5. The van der Waals surface area contributed by atoms with Crippen molar-refractivity contribution in [2.75, 3.05) is 10.6 Å². The molecule has 3 aliphatic rings. The van der Waals surface area contributed by atoms with Gasteiger partial charge in [-0.3, -0.25) is 0 Å². The summed E-state index contributed by atoms with van der Waals surface area (Å²) in [5.41, 5.74) is 10.6. The molecule has 4 N–H and O–H groups in total. The zero-order valence-electron chi connectivity index (χ0n) is 20.1. The monoisotopic (exact) mass is 459 g/mol. The summed E-state index contributed by atoms with van der Waals surface area (Å²) >= 11 is 0. The maximum absolute atomic E-state index is 6.15. The lowest BCUT2D eigenvalue weighted by Crippen LogP contribution is -2.33. The van der Waals surface area contributed by atoms with Gasteiger partial charge in [-0.05, 0) is 62.8 Å². The maximum Gasteiger partial charge on any atom is 0.204 e. The molecule has 2 aromatic rings. The number of nitrogens with two attached hydrogens (primary N) is 1. The van der Waals surface area contributed by atoms with Crippen molar-refractivity contribution in [3.05, 3.63) is 58.9 Å². The molecule has 5 rings (SSSR count). The Morgan fingerprint density at radius 3 is 2.76 bits per heavy atom. The van der Waals surface area contributed by atoms with E-state index in [9.17, 15) is 0 Å². The van der Waals surface area contributed by atoms with Gasteiger partial charge in [-0.1, -0.05) is 24.3 Å². The van der Waals surface area contributed by atoms with Crippen molar-refractivity contribution in [1.82, 2.24) is 30.2 Å². The van der Waals surface area contributed by atoms with Gasteiger partial charge in [0.25, 0.3) is 0 Å². The van der Waals surface area contributed by atoms with Crippen LogP contribution >= 0.6 is 0 Å². The van der Waals surface area contributed by atoms with Gasteiger partial charge in [0.2, 0.25) is 5.82 Å². The first-order valence-corrected chi connectivity index (χ1v) is 12.2. The van der Waals surface area contributed by atoms with Crippen molar-refractivity contribution >= 4 is 17.2 Å². The fourth-order valence-electron chi connectivity index (χ4n) is 5.03. The SMILES string of the molecule is C/C=C\C(=C/C)Cc1nc2c(c(NC3CCC(N)CC3)n1)C1CC=C(c3nnn(C)n3)C=C1N2. The second-order valence-electron chi connectivity index (χ2n) is 9.32. The van der Waals surface area contributed by atoms with E-state index in [1.807, 2.05) is 6.92 Å². The largest absolute Gasteiger partial charge is 0.367 e. The van der Waals surface area contributed by atoms with Crippen molar-refractivity contribution in [2.24, 2.45) is 12.8 Å². The number of hydrogen-bond acceptors (Lipinski definition) is 8. The number of tetrazole rings is 1. The summed E-state index contributed by atoms with van der Waals surface area (Å²) in [5.74, 6) is 3.49. The highest BCUT2D eigenvalue weighted by Crippen LogP contribution is 2.46. The number of anilines is 2. The van der Waals surface area contributed by atoms with Gasteiger partial charge in [-0.2, -0.15) is 4.80 Å². The highest BCUT2D eigenvalue weighted by atomic mass is 15.6. The number of aryl methyl sites for hydroxylation is 1. The van der Waals surface area contributed by atoms with Gasteiger partial charge < -0.3 is 16.4 Å². The minimum atomic E-state index is 0.189. The summed E-state index contributed by atoms with van der Waals surface area (Å²) in [6, 6.07) is 0.700. The molecule has 1 aliphatic heterocycles. The molecule has 1 fully saturated rings. The topological polar surface area (TPSA) is 119 Å². The molecule has 2 aliphatic carbocycles. The van der Waals surface area contributed by atoms with Crippen LogP contribution in [0.25, 0.3) is 5.57 Å². The summed E-state index contributed by atoms with van der Waals surface area (Å²) in [4.78, 5) is 11.5. The minimum Gasteiger partial charge on any atom is -0.367 e. The molecule has 9 heteroatoms. The quantitative estimate of drug-likeness (QED) is 0.560. The normalized spacial score (nSPS) is 24.4. The van der Waals surface area contributed by atoms with Crippen LogP contribution in [0.1, 0.15) is 69.1 Å². The number of aromatic nitrogens is 6. The number of fused-ring (bicyclic) bond motifs is 3. The van der Waals surface area contributed by atoms with Crippen LogP contribution in [0.2, 0.25) is 0 Å². The molecule has 3 heterocycles. The van der Waals surface area contributed by atoms with Crippen molar-refractivity contribution in [3.63, 3.8) is 0 Å². The molecule has 0 radical (unpaired) electrons. The number of nitrogens with one attached hydrogen (secondary N) is 2. The molecule has 1 atom stereocenters. The Morgan fingerprint density at radius 1 is 1.24 bits per heavy atom. The second-order valence-corrected chi connectivity index (χ2v) is 9.32. The lowest BCUT2D eigenvalue weighted by atomic mass is 9.89. The van der Waals surface area contributed by atoms with Crippen LogP contribution in [0.5, 0.6) is 0 Å². The first-order valence-electron chi connectivity index (χ1n) is 12.2. The average Bonchev–Trinajstić information content (AvgIpc) is 3.43. The highest BCUT2D eigenvalue weighted by molar-refractivity contribution is 5.79. The van der Waals surface area contributed by atoms with Gasteiger partial charge in [0.1, 0.15) is 17.5 Å². The van der Waals surface area contributed by atoms with Crippen LogP contribution in [0.4, 0.5) is 11.6 Å². The van der Waals surface area contributed by atoms with Crippen LogP contribution in [0, 0.1) is 0 Å². The Bertz CT molecular complexity index is 1180. The number of allylic oxidation sites excluding steroid dienone is 8. The van der Waals surface area contributed by atoms with Crippen LogP contribution < -0.4 is 16.4 Å². The van der Waals surface area contributed by atoms with E-state index in [-0.39, 0.29) is 5.92 Å². The third-order valence-corrected chi connectivity index (χ3v) is 6.86. The van der Waals surface area contributed by atoms with E-state index in [0.29, 0.717) is 24.3 Å². The summed E-state index contributed by atoms with van der Waals surface area (Å²) < 4.78 is 0. The zero-order chi connectivity index (χ0) is 23.7. The van der Waals surface area contributed by atoms with Crippen LogP contribution in [-0.4, -0.2) is 42.3 Å². The van der Waals surface area contributed by atoms with E-state index in [4.69, 9.17) is 15.7 Å². The van der Waals surface area contributed by atoms with Gasteiger partial charge in [0.15, 0.2) is 0 Å². The molecule has 0 amide bonds. The van der Waals surface area contributed by atoms with E-state index in [1.54, 1.807) is 7.05 Å². The molecule has 0 saturated heterocycles. The Labute approximate surface area is 200 Å². The van der Waals surface area contributed by atoms with Crippen LogP contribution in [0.15, 0.2) is 41.7 Å². The Balaban J connectivity index is 1.47. The number of hydrogen-bond donors (Lipinski definition) is 3. The first-order chi connectivity index (χ1) is 16.5. The Morgan fingerprint density at radius 2 is 2.06 bits per heavy atom. The molecule has 0 bridgehead atoms. The molecular formula is C25H33N9. The Hall–Kier alpha value is -3.33. The lowest BCUT2D eigenvalue weighted by molar-refractivity contribution is 0.410. The molecule has 2 aromatic heterocycles. The standard InChI is InChI=1S/C25H33N9/c1-4-6-15(5-2)13-21-29-24(27-18-10-8-17(26)9-11-18)22-19-12-7-16(23-31-33-34(3)32-23)14-20(19)28-25(22)30-21/h4-7,14,17-19H,8-13,26H2,1-3H3,(H2,27,28,29,30)/b6-4-,15-5+. The average molecular weight is 460 g/mol. The second kappa shape index (κ2) is 9.50.